The minimum absolute atomic E-state index is 0.463. The van der Waals surface area contributed by atoms with Crippen LogP contribution in [-0.2, 0) is 0 Å². The lowest BCUT2D eigenvalue weighted by atomic mass is 10.1. The molecule has 0 saturated carbocycles. The fourth-order valence-electron chi connectivity index (χ4n) is 3.95. The molecule has 2 fully saturated rings. The maximum absolute atomic E-state index is 4.89. The van der Waals surface area contributed by atoms with E-state index >= 15 is 0 Å². The number of benzene rings is 1. The number of aryl methyl sites for hydroxylation is 1. The van der Waals surface area contributed by atoms with Gasteiger partial charge in [0.05, 0.1) is 0 Å². The first-order chi connectivity index (χ1) is 12.7. The zero-order valence-corrected chi connectivity index (χ0v) is 16.7. The van der Waals surface area contributed by atoms with Gasteiger partial charge in [-0.1, -0.05) is 24.6 Å². The highest BCUT2D eigenvalue weighted by Gasteiger charge is 2.24. The van der Waals surface area contributed by atoms with E-state index in [0.29, 0.717) is 12.0 Å². The molecule has 0 spiro atoms. The third kappa shape index (κ3) is 5.13. The molecule has 0 amide bonds. The van der Waals surface area contributed by atoms with Gasteiger partial charge in [-0.2, -0.15) is 0 Å². The van der Waals surface area contributed by atoms with E-state index in [1.54, 1.807) is 0 Å². The van der Waals surface area contributed by atoms with Crippen LogP contribution in [0, 0.1) is 12.8 Å². The molecular formula is C21H35N5. The Balaban J connectivity index is 1.51. The van der Waals surface area contributed by atoms with Gasteiger partial charge >= 0.3 is 0 Å². The van der Waals surface area contributed by atoms with E-state index in [9.17, 15) is 0 Å². The van der Waals surface area contributed by atoms with Crippen molar-refractivity contribution in [2.75, 3.05) is 50.7 Å². The Hall–Kier alpha value is -1.75. The van der Waals surface area contributed by atoms with Gasteiger partial charge in [0.25, 0.3) is 0 Å². The number of nitrogens with one attached hydrogen (secondary N) is 2. The average molecular weight is 358 g/mol. The maximum Gasteiger partial charge on any atom is 0.191 e. The van der Waals surface area contributed by atoms with Gasteiger partial charge in [-0.15, -0.1) is 0 Å². The molecule has 3 rings (SSSR count). The lowest BCUT2D eigenvalue weighted by Gasteiger charge is -2.21. The predicted octanol–water partition coefficient (Wildman–Crippen LogP) is 2.47. The molecule has 0 radical (unpaired) electrons. The molecule has 2 N–H and O–H groups in total. The first kappa shape index (κ1) is 19.0. The lowest BCUT2D eigenvalue weighted by Crippen LogP contribution is -2.45. The lowest BCUT2D eigenvalue weighted by molar-refractivity contribution is 0.343. The first-order valence-corrected chi connectivity index (χ1v) is 10.3. The minimum Gasteiger partial charge on any atom is -0.369 e. The van der Waals surface area contributed by atoms with Gasteiger partial charge in [-0.05, 0) is 57.8 Å². The number of hydrogen-bond donors (Lipinski definition) is 2. The van der Waals surface area contributed by atoms with Crippen molar-refractivity contribution in [3.05, 3.63) is 29.8 Å². The van der Waals surface area contributed by atoms with Crippen LogP contribution in [0.15, 0.2) is 29.3 Å². The molecule has 2 aliphatic heterocycles. The summed E-state index contributed by atoms with van der Waals surface area (Å²) in [7, 11) is 0. The van der Waals surface area contributed by atoms with E-state index < -0.39 is 0 Å². The largest absolute Gasteiger partial charge is 0.369 e. The summed E-state index contributed by atoms with van der Waals surface area (Å²) in [6.07, 6.45) is 2.44. The molecular weight excluding hydrogens is 322 g/mol. The van der Waals surface area contributed by atoms with Gasteiger partial charge in [-0.25, -0.2) is 0 Å². The molecule has 2 aliphatic rings. The van der Waals surface area contributed by atoms with E-state index in [1.807, 2.05) is 0 Å². The molecule has 0 aliphatic carbocycles. The molecule has 1 aromatic rings. The van der Waals surface area contributed by atoms with Crippen molar-refractivity contribution in [3.63, 3.8) is 0 Å². The summed E-state index contributed by atoms with van der Waals surface area (Å²) >= 11 is 0. The van der Waals surface area contributed by atoms with Crippen molar-refractivity contribution in [1.82, 2.24) is 15.5 Å². The van der Waals surface area contributed by atoms with Crippen LogP contribution in [-0.4, -0.2) is 62.7 Å². The number of aliphatic imine (C=N–C) groups is 1. The van der Waals surface area contributed by atoms with Gasteiger partial charge < -0.3 is 20.4 Å². The maximum atomic E-state index is 4.89. The number of rotatable bonds is 6. The number of nitrogens with zero attached hydrogens (tertiary/aromatic N) is 3. The van der Waals surface area contributed by atoms with Crippen molar-refractivity contribution in [3.8, 4) is 0 Å². The van der Waals surface area contributed by atoms with Crippen molar-refractivity contribution in [2.45, 2.75) is 39.7 Å². The fraction of sp³-hybridized carbons (Fsp3) is 0.667. The van der Waals surface area contributed by atoms with Crippen LogP contribution in [0.3, 0.4) is 0 Å². The summed E-state index contributed by atoms with van der Waals surface area (Å²) in [5, 5.41) is 7.09. The normalized spacial score (nSPS) is 24.3. The Kier molecular flexibility index (Phi) is 6.78. The molecule has 1 aromatic carbocycles. The summed E-state index contributed by atoms with van der Waals surface area (Å²) < 4.78 is 0. The predicted molar refractivity (Wildman–Crippen MR) is 111 cm³/mol. The Morgan fingerprint density at radius 3 is 2.62 bits per heavy atom. The zero-order valence-electron chi connectivity index (χ0n) is 16.7. The standard InChI is InChI=1S/C21H35N5/c1-4-22-21(23-14-18-10-12-25(5-2)15-18)24-19-11-13-26(16-19)20-8-6-17(3)7-9-20/h6-9,18-19H,4-5,10-16H2,1-3H3,(H2,22,23,24). The summed E-state index contributed by atoms with van der Waals surface area (Å²) in [5.74, 6) is 1.69. The smallest absolute Gasteiger partial charge is 0.191 e. The third-order valence-electron chi connectivity index (χ3n) is 5.60. The van der Waals surface area contributed by atoms with Gasteiger partial charge in [0.1, 0.15) is 0 Å². The van der Waals surface area contributed by atoms with Gasteiger partial charge in [0, 0.05) is 44.5 Å². The highest BCUT2D eigenvalue weighted by Crippen LogP contribution is 2.21. The second-order valence-electron chi connectivity index (χ2n) is 7.68. The molecule has 26 heavy (non-hydrogen) atoms. The van der Waals surface area contributed by atoms with Crippen LogP contribution >= 0.6 is 0 Å². The average Bonchev–Trinajstić information content (AvgIpc) is 3.30. The van der Waals surface area contributed by atoms with Crippen LogP contribution in [0.4, 0.5) is 5.69 Å². The van der Waals surface area contributed by atoms with Crippen LogP contribution in [0.2, 0.25) is 0 Å². The summed E-state index contributed by atoms with van der Waals surface area (Å²) in [6, 6.07) is 9.32. The monoisotopic (exact) mass is 357 g/mol. The SMILES string of the molecule is CCNC(=NCC1CCN(CC)C1)NC1CCN(c2ccc(C)cc2)C1. The van der Waals surface area contributed by atoms with Crippen LogP contribution in [0.25, 0.3) is 0 Å². The van der Waals surface area contributed by atoms with Crippen molar-refractivity contribution in [2.24, 2.45) is 10.9 Å². The van der Waals surface area contributed by atoms with Gasteiger partial charge in [0.15, 0.2) is 5.96 Å². The minimum atomic E-state index is 0.463. The van der Waals surface area contributed by atoms with Crippen molar-refractivity contribution in [1.29, 1.82) is 0 Å². The number of anilines is 1. The van der Waals surface area contributed by atoms with Crippen LogP contribution in [0.1, 0.15) is 32.3 Å². The molecule has 0 bridgehead atoms. The third-order valence-corrected chi connectivity index (χ3v) is 5.60. The Morgan fingerprint density at radius 1 is 1.12 bits per heavy atom. The number of hydrogen-bond acceptors (Lipinski definition) is 3. The molecule has 2 heterocycles. The second kappa shape index (κ2) is 9.26. The Morgan fingerprint density at radius 2 is 1.92 bits per heavy atom. The van der Waals surface area contributed by atoms with Crippen molar-refractivity contribution >= 4 is 11.6 Å². The second-order valence-corrected chi connectivity index (χ2v) is 7.68. The summed E-state index contributed by atoms with van der Waals surface area (Å²) in [5.41, 5.74) is 2.64. The Bertz CT molecular complexity index is 583. The van der Waals surface area contributed by atoms with Crippen molar-refractivity contribution < 1.29 is 0 Å². The van der Waals surface area contributed by atoms with Gasteiger partial charge in [-0.3, -0.25) is 4.99 Å². The highest BCUT2D eigenvalue weighted by atomic mass is 15.2. The molecule has 2 unspecified atom stereocenters. The molecule has 2 atom stereocenters. The van der Waals surface area contributed by atoms with Crippen LogP contribution in [0.5, 0.6) is 0 Å². The van der Waals surface area contributed by atoms with E-state index in [0.717, 1.165) is 45.1 Å². The molecule has 2 saturated heterocycles. The molecule has 5 nitrogen and oxygen atoms in total. The first-order valence-electron chi connectivity index (χ1n) is 10.3. The van der Waals surface area contributed by atoms with E-state index in [4.69, 9.17) is 4.99 Å². The zero-order chi connectivity index (χ0) is 18.4. The molecule has 144 valence electrons. The van der Waals surface area contributed by atoms with E-state index in [1.165, 1.54) is 30.8 Å². The molecule has 0 aromatic heterocycles. The number of likely N-dealkylation sites (tertiary alicyclic amines) is 1. The van der Waals surface area contributed by atoms with Crippen LogP contribution < -0.4 is 15.5 Å². The topological polar surface area (TPSA) is 42.9 Å². The summed E-state index contributed by atoms with van der Waals surface area (Å²) in [6.45, 7) is 14.1. The van der Waals surface area contributed by atoms with Gasteiger partial charge in [0.2, 0.25) is 0 Å². The number of guanidine groups is 1. The molecule has 5 heteroatoms. The fourth-order valence-corrected chi connectivity index (χ4v) is 3.95. The highest BCUT2D eigenvalue weighted by molar-refractivity contribution is 5.80. The van der Waals surface area contributed by atoms with E-state index in [-0.39, 0.29) is 0 Å². The Labute approximate surface area is 158 Å². The quantitative estimate of drug-likeness (QED) is 0.606. The summed E-state index contributed by atoms with van der Waals surface area (Å²) in [4.78, 5) is 9.88. The van der Waals surface area contributed by atoms with E-state index in [2.05, 4.69) is 65.5 Å².